The van der Waals surface area contributed by atoms with Gasteiger partial charge in [0.05, 0.1) is 0 Å². The number of carboxylic acid groups (broad SMARTS) is 6. The molecule has 0 saturated heterocycles. The maximum absolute atomic E-state index is 12.6. The Morgan fingerprint density at radius 1 is 0.328 bits per heavy atom. The van der Waals surface area contributed by atoms with Gasteiger partial charge < -0.3 is 62.0 Å². The van der Waals surface area contributed by atoms with Crippen LogP contribution in [-0.4, -0.2) is 126 Å². The summed E-state index contributed by atoms with van der Waals surface area (Å²) >= 11 is 0. The second-order valence-corrected chi connectivity index (χ2v) is 16.7. The summed E-state index contributed by atoms with van der Waals surface area (Å²) in [5.74, 6) is -11.3. The van der Waals surface area contributed by atoms with Crippen molar-refractivity contribution in [3.05, 3.63) is 12.3 Å². The number of hydrogen-bond acceptors (Lipinski definition) is 12. The van der Waals surface area contributed by atoms with Gasteiger partial charge in [-0.15, -0.1) is 0 Å². The highest BCUT2D eigenvalue weighted by Crippen LogP contribution is 2.15. The monoisotopic (exact) mass is 956 g/mol. The Bertz CT molecular complexity index is 1650. The molecule has 5 atom stereocenters. The number of carbonyl (C=O) groups is 11. The van der Waals surface area contributed by atoms with Gasteiger partial charge >= 0.3 is 35.8 Å². The molecule has 0 aliphatic rings. The van der Waals surface area contributed by atoms with Crippen LogP contribution >= 0.6 is 0 Å². The summed E-state index contributed by atoms with van der Waals surface area (Å²) < 4.78 is 0. The van der Waals surface area contributed by atoms with Gasteiger partial charge in [-0.1, -0.05) is 83.6 Å². The summed E-state index contributed by atoms with van der Waals surface area (Å²) in [6, 6.07) is -7.32. The van der Waals surface area contributed by atoms with Gasteiger partial charge in [-0.25, -0.2) is 24.0 Å². The SMILES string of the molecule is C=C(CC[C@H](NC(=O)CC[C@H](NC(=O)CC[C@H](NC(=O)CC[C@H](NC(=O)CCCCCCCCCCCCCCCCC(=O)O)C(=O)O)C(=O)O)C(=O)O)C(=O)O)N[C@@H](CCC(C)=O)C(=O)O. The topological polar surface area (TPSA) is 369 Å². The summed E-state index contributed by atoms with van der Waals surface area (Å²) in [6.45, 7) is 4.97. The number of unbranched alkanes of at least 4 members (excludes halogenated alkanes) is 13. The predicted molar refractivity (Wildman–Crippen MR) is 240 cm³/mol. The minimum Gasteiger partial charge on any atom is -0.481 e. The van der Waals surface area contributed by atoms with Crippen molar-refractivity contribution in [1.29, 1.82) is 0 Å². The highest BCUT2D eigenvalue weighted by Gasteiger charge is 2.28. The zero-order chi connectivity index (χ0) is 50.7. The molecule has 0 radical (unpaired) electrons. The Hall–Kier alpha value is -6.09. The highest BCUT2D eigenvalue weighted by molar-refractivity contribution is 5.88. The third kappa shape index (κ3) is 33.1. The average molecular weight is 956 g/mol. The molecule has 0 aromatic carbocycles. The van der Waals surface area contributed by atoms with Crippen LogP contribution in [0.5, 0.6) is 0 Å². The average Bonchev–Trinajstić information content (AvgIpc) is 3.24. The highest BCUT2D eigenvalue weighted by atomic mass is 16.4. The van der Waals surface area contributed by atoms with E-state index in [1.807, 2.05) is 0 Å². The van der Waals surface area contributed by atoms with Gasteiger partial charge in [-0.3, -0.25) is 24.0 Å². The van der Waals surface area contributed by atoms with Gasteiger partial charge in [0.25, 0.3) is 0 Å². The molecule has 22 nitrogen and oxygen atoms in total. The van der Waals surface area contributed by atoms with Crippen molar-refractivity contribution < 1.29 is 83.4 Å². The van der Waals surface area contributed by atoms with E-state index in [0.717, 1.165) is 70.6 Å². The second-order valence-electron chi connectivity index (χ2n) is 16.7. The first-order valence-electron chi connectivity index (χ1n) is 23.1. The van der Waals surface area contributed by atoms with Gasteiger partial charge in [0.2, 0.25) is 23.6 Å². The fraction of sp³-hybridized carbons (Fsp3) is 0.711. The second kappa shape index (κ2) is 36.1. The normalized spacial score (nSPS) is 13.1. The lowest BCUT2D eigenvalue weighted by atomic mass is 10.0. The van der Waals surface area contributed by atoms with Crippen molar-refractivity contribution in [2.75, 3.05) is 0 Å². The fourth-order valence-corrected chi connectivity index (χ4v) is 6.85. The zero-order valence-corrected chi connectivity index (χ0v) is 38.7. The van der Waals surface area contributed by atoms with Crippen LogP contribution in [-0.2, 0) is 52.7 Å². The Kier molecular flexibility index (Phi) is 32.8. The number of hydrogen-bond donors (Lipinski definition) is 11. The molecule has 0 heterocycles. The molecule has 0 spiro atoms. The molecule has 11 N–H and O–H groups in total. The molecule has 0 aliphatic carbocycles. The van der Waals surface area contributed by atoms with E-state index < -0.39 is 122 Å². The van der Waals surface area contributed by atoms with E-state index in [-0.39, 0.29) is 56.4 Å². The van der Waals surface area contributed by atoms with Crippen molar-refractivity contribution in [3.8, 4) is 0 Å². The Morgan fingerprint density at radius 3 is 0.851 bits per heavy atom. The number of carbonyl (C=O) groups excluding carboxylic acids is 5. The third-order valence-electron chi connectivity index (χ3n) is 10.8. The van der Waals surface area contributed by atoms with Crippen LogP contribution in [0.3, 0.4) is 0 Å². The first-order valence-corrected chi connectivity index (χ1v) is 23.1. The van der Waals surface area contributed by atoms with Crippen LogP contribution in [0.4, 0.5) is 0 Å². The van der Waals surface area contributed by atoms with E-state index in [9.17, 15) is 78.3 Å². The van der Waals surface area contributed by atoms with Crippen molar-refractivity contribution >= 4 is 65.2 Å². The molecule has 0 saturated carbocycles. The number of ketones is 1. The Balaban J connectivity index is 4.66. The van der Waals surface area contributed by atoms with E-state index >= 15 is 0 Å². The van der Waals surface area contributed by atoms with E-state index in [0.29, 0.717) is 6.42 Å². The first kappa shape index (κ1) is 60.9. The maximum atomic E-state index is 12.6. The van der Waals surface area contributed by atoms with Crippen LogP contribution < -0.4 is 26.6 Å². The number of amides is 4. The van der Waals surface area contributed by atoms with Crippen molar-refractivity contribution in [3.63, 3.8) is 0 Å². The molecule has 0 bridgehead atoms. The lowest BCUT2D eigenvalue weighted by Crippen LogP contribution is -2.45. The smallest absolute Gasteiger partial charge is 0.326 e. The van der Waals surface area contributed by atoms with E-state index in [4.69, 9.17) is 5.11 Å². The summed E-state index contributed by atoms with van der Waals surface area (Å²) in [6.07, 6.45) is 11.0. The van der Waals surface area contributed by atoms with Crippen LogP contribution in [0.1, 0.15) is 174 Å². The Morgan fingerprint density at radius 2 is 0.567 bits per heavy atom. The van der Waals surface area contributed by atoms with Crippen LogP contribution in [0.15, 0.2) is 12.3 Å². The van der Waals surface area contributed by atoms with Gasteiger partial charge in [0.1, 0.15) is 36.0 Å². The van der Waals surface area contributed by atoms with E-state index in [2.05, 4.69) is 33.2 Å². The molecular formula is C45H73N5O17. The van der Waals surface area contributed by atoms with Crippen molar-refractivity contribution in [2.24, 2.45) is 0 Å². The molecule has 380 valence electrons. The number of nitrogens with one attached hydrogen (secondary N) is 5. The van der Waals surface area contributed by atoms with Crippen LogP contribution in [0.2, 0.25) is 0 Å². The van der Waals surface area contributed by atoms with Gasteiger partial charge in [-0.05, 0) is 58.3 Å². The van der Waals surface area contributed by atoms with Crippen LogP contribution in [0, 0.1) is 0 Å². The lowest BCUT2D eigenvalue weighted by molar-refractivity contribution is -0.144. The quantitative estimate of drug-likeness (QED) is 0.0389. The molecule has 22 heteroatoms. The molecule has 0 aromatic heterocycles. The lowest BCUT2D eigenvalue weighted by Gasteiger charge is -2.20. The third-order valence-corrected chi connectivity index (χ3v) is 10.8. The molecule has 0 fully saturated rings. The molecule has 0 rings (SSSR count). The molecule has 0 unspecified atom stereocenters. The molecule has 0 aliphatic heterocycles. The number of aliphatic carboxylic acids is 6. The number of allylic oxidation sites excluding steroid dienone is 1. The molecule has 0 aromatic rings. The zero-order valence-electron chi connectivity index (χ0n) is 38.7. The van der Waals surface area contributed by atoms with Gasteiger partial charge in [-0.2, -0.15) is 0 Å². The first-order chi connectivity index (χ1) is 31.6. The molecule has 67 heavy (non-hydrogen) atoms. The minimum absolute atomic E-state index is 0.0138. The van der Waals surface area contributed by atoms with Crippen molar-refractivity contribution in [2.45, 2.75) is 204 Å². The number of carboxylic acids is 6. The number of Topliss-reactive ketones (excluding diaryl/α,β-unsaturated/α-hetero) is 1. The van der Waals surface area contributed by atoms with Gasteiger partial charge in [0, 0.05) is 44.2 Å². The predicted octanol–water partition coefficient (Wildman–Crippen LogP) is 3.64. The largest absolute Gasteiger partial charge is 0.481 e. The summed E-state index contributed by atoms with van der Waals surface area (Å²) in [7, 11) is 0. The summed E-state index contributed by atoms with van der Waals surface area (Å²) in [4.78, 5) is 131. The summed E-state index contributed by atoms with van der Waals surface area (Å²) in [5, 5.41) is 68.0. The van der Waals surface area contributed by atoms with Crippen molar-refractivity contribution in [1.82, 2.24) is 26.6 Å². The summed E-state index contributed by atoms with van der Waals surface area (Å²) in [5.41, 5.74) is 0.140. The fourth-order valence-electron chi connectivity index (χ4n) is 6.85. The minimum atomic E-state index is -1.65. The van der Waals surface area contributed by atoms with Gasteiger partial charge in [0.15, 0.2) is 0 Å². The Labute approximate surface area is 390 Å². The molecule has 4 amide bonds. The van der Waals surface area contributed by atoms with Crippen LogP contribution in [0.25, 0.3) is 0 Å². The number of rotatable bonds is 43. The standard InChI is InChI=1S/C45H73N5O17/c1-29(46-31(41(58)59)22-20-30(2)51)19-21-32(42(60)61)48-37(53)27-24-34(44(64)65)50-39(55)28-25-35(45(66)67)49-38(54)26-23-33(43(62)63)47-36(52)17-15-13-11-9-7-5-3-4-6-8-10-12-14-16-18-40(56)57/h31-35,46H,1,3-28H2,2H3,(H,47,52)(H,48,53)(H,49,54)(H,50,55)(H,56,57)(H,58,59)(H,60,61)(H,62,63)(H,64,65)(H,66,67)/t31-,32-,33-,34-,35-/m0/s1. The van der Waals surface area contributed by atoms with E-state index in [1.54, 1.807) is 0 Å². The molecular weight excluding hydrogens is 883 g/mol. The van der Waals surface area contributed by atoms with E-state index in [1.165, 1.54) is 19.8 Å². The maximum Gasteiger partial charge on any atom is 0.326 e.